The van der Waals surface area contributed by atoms with Gasteiger partial charge in [0.25, 0.3) is 0 Å². The lowest BCUT2D eigenvalue weighted by molar-refractivity contribution is -0.127. The maximum atomic E-state index is 11.7. The van der Waals surface area contributed by atoms with Crippen LogP contribution in [0.15, 0.2) is 12.1 Å². The second-order valence-electron chi connectivity index (χ2n) is 3.66. The third kappa shape index (κ3) is 2.22. The van der Waals surface area contributed by atoms with Gasteiger partial charge in [-0.2, -0.15) is 0 Å². The van der Waals surface area contributed by atoms with Gasteiger partial charge in [0.05, 0.1) is 3.57 Å². The quantitative estimate of drug-likeness (QED) is 0.469. The van der Waals surface area contributed by atoms with Crippen LogP contribution >= 0.6 is 45.2 Å². The standard InChI is InChI=1S/C10H8I2O3/c1-10(2)14-8-6(9(13)15-10)3-5(11)4-7(8)12/h3-4H,1-2H3. The summed E-state index contributed by atoms with van der Waals surface area (Å²) in [5.41, 5.74) is 0.505. The molecule has 0 saturated heterocycles. The Kier molecular flexibility index (Phi) is 2.87. The van der Waals surface area contributed by atoms with E-state index in [-0.39, 0.29) is 5.97 Å². The molecule has 15 heavy (non-hydrogen) atoms. The molecule has 0 radical (unpaired) electrons. The van der Waals surface area contributed by atoms with Crippen LogP contribution in [0, 0.1) is 7.14 Å². The third-order valence-corrected chi connectivity index (χ3v) is 3.34. The Bertz CT molecular complexity index is 441. The average Bonchev–Trinajstić information content (AvgIpc) is 2.06. The Hall–Kier alpha value is -0.0500. The number of hydrogen-bond donors (Lipinski definition) is 0. The molecule has 1 heterocycles. The number of halogens is 2. The summed E-state index contributed by atoms with van der Waals surface area (Å²) in [5, 5.41) is 0. The van der Waals surface area contributed by atoms with E-state index in [1.807, 2.05) is 6.07 Å². The highest BCUT2D eigenvalue weighted by atomic mass is 127. The fourth-order valence-corrected chi connectivity index (χ4v) is 3.32. The van der Waals surface area contributed by atoms with Crippen LogP contribution in [0.2, 0.25) is 0 Å². The Morgan fingerprint density at radius 1 is 1.20 bits per heavy atom. The minimum atomic E-state index is -0.878. The fraction of sp³-hybridized carbons (Fsp3) is 0.300. The van der Waals surface area contributed by atoms with Gasteiger partial charge in [0.15, 0.2) is 5.75 Å². The fourth-order valence-electron chi connectivity index (χ4n) is 1.36. The summed E-state index contributed by atoms with van der Waals surface area (Å²) in [6, 6.07) is 3.74. The molecule has 1 aliphatic rings. The highest BCUT2D eigenvalue weighted by Crippen LogP contribution is 2.36. The zero-order chi connectivity index (χ0) is 11.2. The molecule has 0 aromatic heterocycles. The van der Waals surface area contributed by atoms with Crippen molar-refractivity contribution >= 4 is 51.2 Å². The van der Waals surface area contributed by atoms with Crippen molar-refractivity contribution < 1.29 is 14.3 Å². The molecule has 0 aliphatic carbocycles. The molecule has 0 unspecified atom stereocenters. The van der Waals surface area contributed by atoms with Gasteiger partial charge >= 0.3 is 5.97 Å². The van der Waals surface area contributed by atoms with Crippen LogP contribution in [-0.4, -0.2) is 11.8 Å². The minimum Gasteiger partial charge on any atom is -0.451 e. The van der Waals surface area contributed by atoms with Gasteiger partial charge in [-0.25, -0.2) is 4.79 Å². The van der Waals surface area contributed by atoms with Gasteiger partial charge in [-0.1, -0.05) is 0 Å². The lowest BCUT2D eigenvalue weighted by Gasteiger charge is -2.32. The molecule has 1 aromatic rings. The van der Waals surface area contributed by atoms with Gasteiger partial charge in [-0.3, -0.25) is 0 Å². The maximum absolute atomic E-state index is 11.7. The monoisotopic (exact) mass is 430 g/mol. The highest BCUT2D eigenvalue weighted by molar-refractivity contribution is 14.1. The lowest BCUT2D eigenvalue weighted by atomic mass is 10.1. The van der Waals surface area contributed by atoms with Crippen LogP contribution in [0.1, 0.15) is 24.2 Å². The lowest BCUT2D eigenvalue weighted by Crippen LogP contribution is -2.39. The van der Waals surface area contributed by atoms with E-state index in [1.165, 1.54) is 0 Å². The number of cyclic esters (lactones) is 1. The van der Waals surface area contributed by atoms with Crippen molar-refractivity contribution in [2.24, 2.45) is 0 Å². The van der Waals surface area contributed by atoms with Crippen LogP contribution in [0.3, 0.4) is 0 Å². The van der Waals surface area contributed by atoms with E-state index >= 15 is 0 Å². The zero-order valence-electron chi connectivity index (χ0n) is 8.14. The molecule has 1 aliphatic heterocycles. The van der Waals surface area contributed by atoms with Crippen molar-refractivity contribution in [3.8, 4) is 5.75 Å². The molecule has 0 bridgehead atoms. The van der Waals surface area contributed by atoms with Crippen molar-refractivity contribution in [3.63, 3.8) is 0 Å². The second kappa shape index (κ2) is 3.76. The Morgan fingerprint density at radius 3 is 2.53 bits per heavy atom. The van der Waals surface area contributed by atoms with E-state index in [1.54, 1.807) is 19.9 Å². The first-order valence-electron chi connectivity index (χ1n) is 4.30. The molecule has 0 spiro atoms. The van der Waals surface area contributed by atoms with Crippen LogP contribution in [0.5, 0.6) is 5.75 Å². The average molecular weight is 430 g/mol. The van der Waals surface area contributed by atoms with Gasteiger partial charge in [0, 0.05) is 17.4 Å². The molecule has 2 rings (SSSR count). The first kappa shape index (κ1) is 11.4. The molecule has 0 N–H and O–H groups in total. The van der Waals surface area contributed by atoms with Gasteiger partial charge < -0.3 is 9.47 Å². The van der Waals surface area contributed by atoms with Crippen molar-refractivity contribution in [3.05, 3.63) is 24.8 Å². The second-order valence-corrected chi connectivity index (χ2v) is 6.06. The number of hydrogen-bond acceptors (Lipinski definition) is 3. The summed E-state index contributed by atoms with van der Waals surface area (Å²) < 4.78 is 12.7. The summed E-state index contributed by atoms with van der Waals surface area (Å²) >= 11 is 4.32. The molecule has 5 heteroatoms. The van der Waals surface area contributed by atoms with E-state index < -0.39 is 5.79 Å². The van der Waals surface area contributed by atoms with Crippen LogP contribution in [0.25, 0.3) is 0 Å². The van der Waals surface area contributed by atoms with Crippen LogP contribution in [-0.2, 0) is 4.74 Å². The molecule has 0 amide bonds. The number of fused-ring (bicyclic) bond motifs is 1. The van der Waals surface area contributed by atoms with E-state index in [2.05, 4.69) is 45.2 Å². The van der Waals surface area contributed by atoms with Crippen molar-refractivity contribution in [2.75, 3.05) is 0 Å². The first-order chi connectivity index (χ1) is 6.89. The normalized spacial score (nSPS) is 17.7. The Morgan fingerprint density at radius 2 is 1.87 bits per heavy atom. The number of esters is 1. The van der Waals surface area contributed by atoms with Crippen LogP contribution in [0.4, 0.5) is 0 Å². The number of benzene rings is 1. The van der Waals surface area contributed by atoms with E-state index in [4.69, 9.17) is 9.47 Å². The van der Waals surface area contributed by atoms with E-state index in [9.17, 15) is 4.79 Å². The molecule has 80 valence electrons. The molecule has 0 atom stereocenters. The zero-order valence-corrected chi connectivity index (χ0v) is 12.5. The summed E-state index contributed by atoms with van der Waals surface area (Å²) in [6.45, 7) is 3.45. The summed E-state index contributed by atoms with van der Waals surface area (Å²) in [5.74, 6) is -0.577. The smallest absolute Gasteiger partial charge is 0.345 e. The minimum absolute atomic E-state index is 0.322. The van der Waals surface area contributed by atoms with E-state index in [0.29, 0.717) is 11.3 Å². The number of carbonyl (C=O) groups is 1. The third-order valence-electron chi connectivity index (χ3n) is 1.91. The Balaban J connectivity index is 2.60. The van der Waals surface area contributed by atoms with Crippen molar-refractivity contribution in [2.45, 2.75) is 19.6 Å². The predicted octanol–water partition coefficient (Wildman–Crippen LogP) is 3.18. The number of rotatable bonds is 0. The molecule has 1 aromatic carbocycles. The highest BCUT2D eigenvalue weighted by Gasteiger charge is 2.35. The molecular formula is C10H8I2O3. The molecule has 0 fully saturated rings. The van der Waals surface area contributed by atoms with Gasteiger partial charge in [-0.15, -0.1) is 0 Å². The van der Waals surface area contributed by atoms with E-state index in [0.717, 1.165) is 7.14 Å². The van der Waals surface area contributed by atoms with Gasteiger partial charge in [-0.05, 0) is 57.3 Å². The topological polar surface area (TPSA) is 35.5 Å². The molecular weight excluding hydrogens is 422 g/mol. The summed E-state index contributed by atoms with van der Waals surface area (Å²) in [4.78, 5) is 11.7. The number of ether oxygens (including phenoxy) is 2. The number of carbonyl (C=O) groups excluding carboxylic acids is 1. The summed E-state index contributed by atoms with van der Waals surface area (Å²) in [6.07, 6.45) is 0. The summed E-state index contributed by atoms with van der Waals surface area (Å²) in [7, 11) is 0. The van der Waals surface area contributed by atoms with Crippen molar-refractivity contribution in [1.29, 1.82) is 0 Å². The first-order valence-corrected chi connectivity index (χ1v) is 6.46. The van der Waals surface area contributed by atoms with Gasteiger partial charge in [0.1, 0.15) is 5.56 Å². The molecule has 3 nitrogen and oxygen atoms in total. The van der Waals surface area contributed by atoms with Crippen LogP contribution < -0.4 is 4.74 Å². The SMILES string of the molecule is CC1(C)OC(=O)c2cc(I)cc(I)c2O1. The largest absolute Gasteiger partial charge is 0.451 e. The van der Waals surface area contributed by atoms with Crippen molar-refractivity contribution in [1.82, 2.24) is 0 Å². The maximum Gasteiger partial charge on any atom is 0.345 e. The molecule has 0 saturated carbocycles. The van der Waals surface area contributed by atoms with Gasteiger partial charge in [0.2, 0.25) is 5.79 Å². The predicted molar refractivity (Wildman–Crippen MR) is 72.0 cm³/mol. The Labute approximate surface area is 115 Å².